The Labute approximate surface area is 195 Å². The Kier molecular flexibility index (Phi) is 5.63. The minimum absolute atomic E-state index is 0.0824. The molecular weight excluding hydrogens is 428 g/mol. The third-order valence-electron chi connectivity index (χ3n) is 5.48. The summed E-state index contributed by atoms with van der Waals surface area (Å²) >= 11 is 0. The fraction of sp³-hybridized carbons (Fsp3) is 0. The van der Waals surface area contributed by atoms with Crippen molar-refractivity contribution in [2.75, 3.05) is 0 Å². The largest absolute Gasteiger partial charge is 0.228 e. The maximum absolute atomic E-state index is 14.8. The van der Waals surface area contributed by atoms with Gasteiger partial charge in [-0.2, -0.15) is 5.26 Å². The van der Waals surface area contributed by atoms with E-state index in [9.17, 15) is 8.78 Å². The Morgan fingerprint density at radius 1 is 0.559 bits per heavy atom. The van der Waals surface area contributed by atoms with E-state index in [-0.39, 0.29) is 16.7 Å². The van der Waals surface area contributed by atoms with Crippen LogP contribution in [-0.4, -0.2) is 9.97 Å². The highest BCUT2D eigenvalue weighted by Crippen LogP contribution is 2.32. The van der Waals surface area contributed by atoms with Gasteiger partial charge in [-0.05, 0) is 36.4 Å². The normalized spacial score (nSPS) is 10.6. The van der Waals surface area contributed by atoms with Gasteiger partial charge < -0.3 is 0 Å². The topological polar surface area (TPSA) is 49.6 Å². The van der Waals surface area contributed by atoms with Gasteiger partial charge >= 0.3 is 0 Å². The predicted octanol–water partition coefficient (Wildman–Crippen LogP) is 7.29. The molecule has 0 saturated heterocycles. The Morgan fingerprint density at radius 2 is 1.21 bits per heavy atom. The summed E-state index contributed by atoms with van der Waals surface area (Å²) in [5, 5.41) is 9.01. The molecule has 34 heavy (non-hydrogen) atoms. The van der Waals surface area contributed by atoms with Crippen LogP contribution in [0.3, 0.4) is 0 Å². The van der Waals surface area contributed by atoms with Crippen molar-refractivity contribution >= 4 is 0 Å². The first kappa shape index (κ1) is 21.2. The predicted molar refractivity (Wildman–Crippen MR) is 128 cm³/mol. The van der Waals surface area contributed by atoms with Gasteiger partial charge in [0.2, 0.25) is 0 Å². The minimum atomic E-state index is -0.660. The maximum Gasteiger partial charge on any atom is 0.160 e. The second-order valence-electron chi connectivity index (χ2n) is 7.70. The SMILES string of the molecule is N#Cc1ccc(-c2cc(-c3cc(-c4ccccc4)nc(-c4ccccc4)n3)ccc2F)c(F)c1. The molecule has 0 radical (unpaired) electrons. The molecule has 3 nitrogen and oxygen atoms in total. The molecule has 0 bridgehead atoms. The van der Waals surface area contributed by atoms with Crippen molar-refractivity contribution in [3.8, 4) is 51.1 Å². The van der Waals surface area contributed by atoms with E-state index in [1.54, 1.807) is 12.1 Å². The number of aromatic nitrogens is 2. The standard InChI is InChI=1S/C29H17F2N3/c30-25-14-12-22(16-24(25)23-13-11-19(18-32)15-26(23)31)28-17-27(20-7-3-1-4-8-20)33-29(34-28)21-9-5-2-6-10-21/h1-17H. The summed E-state index contributed by atoms with van der Waals surface area (Å²) in [5.41, 5.74) is 4.05. The lowest BCUT2D eigenvalue weighted by atomic mass is 9.98. The monoisotopic (exact) mass is 445 g/mol. The molecule has 5 heteroatoms. The molecule has 0 aliphatic carbocycles. The molecule has 0 aliphatic rings. The highest BCUT2D eigenvalue weighted by molar-refractivity contribution is 5.76. The number of hydrogen-bond acceptors (Lipinski definition) is 3. The molecule has 0 unspecified atom stereocenters. The molecule has 162 valence electrons. The third-order valence-corrected chi connectivity index (χ3v) is 5.48. The average Bonchev–Trinajstić information content (AvgIpc) is 2.90. The number of hydrogen-bond donors (Lipinski definition) is 0. The highest BCUT2D eigenvalue weighted by atomic mass is 19.1. The lowest BCUT2D eigenvalue weighted by molar-refractivity contribution is 0.616. The molecule has 0 amide bonds. The van der Waals surface area contributed by atoms with Gasteiger partial charge in [-0.15, -0.1) is 0 Å². The van der Waals surface area contributed by atoms with Crippen molar-refractivity contribution in [2.45, 2.75) is 0 Å². The molecule has 1 heterocycles. The zero-order chi connectivity index (χ0) is 23.5. The lowest BCUT2D eigenvalue weighted by Crippen LogP contribution is -1.97. The molecular formula is C29H17F2N3. The van der Waals surface area contributed by atoms with Crippen LogP contribution in [0.5, 0.6) is 0 Å². The van der Waals surface area contributed by atoms with Crippen LogP contribution in [0.15, 0.2) is 103 Å². The van der Waals surface area contributed by atoms with Crippen molar-refractivity contribution in [1.82, 2.24) is 9.97 Å². The minimum Gasteiger partial charge on any atom is -0.228 e. The lowest BCUT2D eigenvalue weighted by Gasteiger charge is -2.11. The maximum atomic E-state index is 14.8. The smallest absolute Gasteiger partial charge is 0.160 e. The summed E-state index contributed by atoms with van der Waals surface area (Å²) in [5.74, 6) is -0.687. The highest BCUT2D eigenvalue weighted by Gasteiger charge is 2.15. The van der Waals surface area contributed by atoms with E-state index in [1.165, 1.54) is 18.2 Å². The van der Waals surface area contributed by atoms with Gasteiger partial charge in [-0.3, -0.25) is 0 Å². The van der Waals surface area contributed by atoms with Gasteiger partial charge in [0.1, 0.15) is 11.6 Å². The van der Waals surface area contributed by atoms with Crippen molar-refractivity contribution in [2.24, 2.45) is 0 Å². The molecule has 0 fully saturated rings. The zero-order valence-electron chi connectivity index (χ0n) is 17.9. The number of nitriles is 1. The first-order valence-electron chi connectivity index (χ1n) is 10.6. The summed E-state index contributed by atoms with van der Waals surface area (Å²) in [4.78, 5) is 9.50. The molecule has 5 aromatic rings. The van der Waals surface area contributed by atoms with Gasteiger partial charge in [0.25, 0.3) is 0 Å². The summed E-state index contributed by atoms with van der Waals surface area (Å²) in [7, 11) is 0. The summed E-state index contributed by atoms with van der Waals surface area (Å²) in [6, 6.07) is 31.5. The molecule has 0 atom stereocenters. The number of nitrogens with zero attached hydrogens (tertiary/aromatic N) is 3. The second kappa shape index (κ2) is 9.05. The average molecular weight is 445 g/mol. The van der Waals surface area contributed by atoms with Crippen molar-refractivity contribution in [3.05, 3.63) is 120 Å². The molecule has 0 N–H and O–H groups in total. The fourth-order valence-electron chi connectivity index (χ4n) is 3.76. The Morgan fingerprint density at radius 3 is 1.85 bits per heavy atom. The van der Waals surface area contributed by atoms with Crippen molar-refractivity contribution in [1.29, 1.82) is 5.26 Å². The second-order valence-corrected chi connectivity index (χ2v) is 7.70. The summed E-state index contributed by atoms with van der Waals surface area (Å²) in [6.07, 6.45) is 0. The molecule has 1 aromatic heterocycles. The van der Waals surface area contributed by atoms with Gasteiger partial charge in [-0.25, -0.2) is 18.7 Å². The van der Waals surface area contributed by atoms with E-state index in [4.69, 9.17) is 15.2 Å². The Bertz CT molecular complexity index is 1470. The molecule has 5 rings (SSSR count). The molecule has 4 aromatic carbocycles. The van der Waals surface area contributed by atoms with Crippen LogP contribution in [-0.2, 0) is 0 Å². The van der Waals surface area contributed by atoms with Gasteiger partial charge in [0.05, 0.1) is 23.0 Å². The van der Waals surface area contributed by atoms with Gasteiger partial charge in [-0.1, -0.05) is 66.7 Å². The van der Waals surface area contributed by atoms with Crippen LogP contribution in [0.25, 0.3) is 45.0 Å². The van der Waals surface area contributed by atoms with Crippen LogP contribution >= 0.6 is 0 Å². The van der Waals surface area contributed by atoms with Crippen LogP contribution in [0.4, 0.5) is 8.78 Å². The summed E-state index contributed by atoms with van der Waals surface area (Å²) in [6.45, 7) is 0. The van der Waals surface area contributed by atoms with E-state index in [1.807, 2.05) is 72.8 Å². The Balaban J connectivity index is 1.68. The molecule has 0 saturated carbocycles. The van der Waals surface area contributed by atoms with Crippen LogP contribution < -0.4 is 0 Å². The van der Waals surface area contributed by atoms with Crippen LogP contribution in [0.2, 0.25) is 0 Å². The fourth-order valence-corrected chi connectivity index (χ4v) is 3.76. The third kappa shape index (κ3) is 4.17. The Hall–Kier alpha value is -4.69. The molecule has 0 spiro atoms. The van der Waals surface area contributed by atoms with E-state index >= 15 is 0 Å². The number of halogens is 2. The number of benzene rings is 4. The van der Waals surface area contributed by atoms with Gasteiger partial charge in [0.15, 0.2) is 5.82 Å². The van der Waals surface area contributed by atoms with Crippen molar-refractivity contribution in [3.63, 3.8) is 0 Å². The van der Waals surface area contributed by atoms with E-state index in [0.717, 1.165) is 22.9 Å². The first-order chi connectivity index (χ1) is 16.6. The summed E-state index contributed by atoms with van der Waals surface area (Å²) < 4.78 is 29.4. The molecule has 0 aliphatic heterocycles. The zero-order valence-corrected chi connectivity index (χ0v) is 17.9. The first-order valence-corrected chi connectivity index (χ1v) is 10.6. The van der Waals surface area contributed by atoms with E-state index < -0.39 is 11.6 Å². The number of rotatable bonds is 4. The van der Waals surface area contributed by atoms with Crippen LogP contribution in [0, 0.1) is 23.0 Å². The van der Waals surface area contributed by atoms with Crippen LogP contribution in [0.1, 0.15) is 5.56 Å². The quantitative estimate of drug-likeness (QED) is 0.292. The van der Waals surface area contributed by atoms with E-state index in [2.05, 4.69) is 0 Å². The van der Waals surface area contributed by atoms with E-state index in [0.29, 0.717) is 17.1 Å². The van der Waals surface area contributed by atoms with Crippen molar-refractivity contribution < 1.29 is 8.78 Å². The van der Waals surface area contributed by atoms with Gasteiger partial charge in [0, 0.05) is 27.8 Å².